The van der Waals surface area contributed by atoms with Crippen molar-refractivity contribution in [2.75, 3.05) is 0 Å². The number of carbonyl (C=O) groups excluding carboxylic acids is 1. The Hall–Kier alpha value is -0.940. The van der Waals surface area contributed by atoms with E-state index in [4.69, 9.17) is 11.5 Å². The van der Waals surface area contributed by atoms with Crippen LogP contribution in [0.25, 0.3) is 0 Å². The van der Waals surface area contributed by atoms with Gasteiger partial charge in [-0.25, -0.2) is 4.98 Å². The van der Waals surface area contributed by atoms with Crippen molar-refractivity contribution in [2.45, 2.75) is 25.8 Å². The van der Waals surface area contributed by atoms with E-state index < -0.39 is 5.54 Å². The van der Waals surface area contributed by atoms with Gasteiger partial charge in [-0.05, 0) is 13.8 Å². The van der Waals surface area contributed by atoms with Crippen molar-refractivity contribution >= 4 is 17.2 Å². The van der Waals surface area contributed by atoms with E-state index in [0.717, 1.165) is 10.7 Å². The first-order chi connectivity index (χ1) is 5.89. The van der Waals surface area contributed by atoms with Gasteiger partial charge in [0.05, 0.1) is 17.7 Å². The Kier molecular flexibility index (Phi) is 2.68. The Bertz CT molecular complexity index is 313. The Morgan fingerprint density at radius 3 is 2.69 bits per heavy atom. The summed E-state index contributed by atoms with van der Waals surface area (Å²) in [5.74, 6) is -0.365. The van der Waals surface area contributed by atoms with Crippen molar-refractivity contribution in [1.82, 2.24) is 4.98 Å². The molecule has 1 aromatic rings. The third-order valence-electron chi connectivity index (χ3n) is 1.54. The SMILES string of the molecule is CC(C)(N)c1csc(CC(N)=O)n1. The van der Waals surface area contributed by atoms with Gasteiger partial charge in [-0.1, -0.05) is 0 Å². The van der Waals surface area contributed by atoms with Gasteiger partial charge in [0.1, 0.15) is 5.01 Å². The molecule has 0 fully saturated rings. The molecule has 5 heteroatoms. The maximum absolute atomic E-state index is 10.6. The van der Waals surface area contributed by atoms with Crippen LogP contribution >= 0.6 is 11.3 Å². The quantitative estimate of drug-likeness (QED) is 0.737. The van der Waals surface area contributed by atoms with Gasteiger partial charge in [0, 0.05) is 5.38 Å². The maximum atomic E-state index is 10.6. The summed E-state index contributed by atoms with van der Waals surface area (Å²) in [5.41, 5.74) is 11.2. The van der Waals surface area contributed by atoms with E-state index in [1.165, 1.54) is 11.3 Å². The lowest BCUT2D eigenvalue weighted by Gasteiger charge is -2.14. The highest BCUT2D eigenvalue weighted by atomic mass is 32.1. The number of hydrogen-bond acceptors (Lipinski definition) is 4. The van der Waals surface area contributed by atoms with Crippen molar-refractivity contribution in [3.05, 3.63) is 16.1 Å². The number of amides is 1. The van der Waals surface area contributed by atoms with Crippen molar-refractivity contribution < 1.29 is 4.79 Å². The van der Waals surface area contributed by atoms with E-state index in [-0.39, 0.29) is 12.3 Å². The van der Waals surface area contributed by atoms with Crippen LogP contribution in [0, 0.1) is 0 Å². The van der Waals surface area contributed by atoms with Crippen LogP contribution in [0.4, 0.5) is 0 Å². The molecule has 13 heavy (non-hydrogen) atoms. The topological polar surface area (TPSA) is 82.0 Å². The number of aromatic nitrogens is 1. The predicted molar refractivity (Wildman–Crippen MR) is 52.2 cm³/mol. The summed E-state index contributed by atoms with van der Waals surface area (Å²) < 4.78 is 0. The smallest absolute Gasteiger partial charge is 0.224 e. The van der Waals surface area contributed by atoms with Crippen LogP contribution in [0.1, 0.15) is 24.5 Å². The Morgan fingerprint density at radius 2 is 2.31 bits per heavy atom. The minimum atomic E-state index is -0.452. The molecule has 0 aromatic carbocycles. The van der Waals surface area contributed by atoms with Gasteiger partial charge in [0.15, 0.2) is 0 Å². The fraction of sp³-hybridized carbons (Fsp3) is 0.500. The van der Waals surface area contributed by atoms with E-state index in [1.807, 2.05) is 19.2 Å². The summed E-state index contributed by atoms with van der Waals surface area (Å²) in [5, 5.41) is 2.58. The highest BCUT2D eigenvalue weighted by Crippen LogP contribution is 2.19. The van der Waals surface area contributed by atoms with E-state index in [9.17, 15) is 4.79 Å². The van der Waals surface area contributed by atoms with Crippen LogP contribution in [0.3, 0.4) is 0 Å². The number of nitrogens with two attached hydrogens (primary N) is 2. The molecule has 1 amide bonds. The lowest BCUT2D eigenvalue weighted by molar-refractivity contribution is -0.117. The molecule has 0 atom stereocenters. The molecule has 0 saturated carbocycles. The molecule has 0 aliphatic carbocycles. The molecule has 0 aliphatic heterocycles. The summed E-state index contributed by atoms with van der Waals surface area (Å²) in [7, 11) is 0. The molecular weight excluding hydrogens is 186 g/mol. The van der Waals surface area contributed by atoms with Crippen LogP contribution in [0.15, 0.2) is 5.38 Å². The zero-order chi connectivity index (χ0) is 10.1. The summed E-state index contributed by atoms with van der Waals surface area (Å²) in [6.07, 6.45) is 0.195. The molecule has 0 spiro atoms. The van der Waals surface area contributed by atoms with E-state index in [0.29, 0.717) is 0 Å². The second-order valence-electron chi connectivity index (χ2n) is 3.49. The van der Waals surface area contributed by atoms with Gasteiger partial charge < -0.3 is 11.5 Å². The number of carbonyl (C=O) groups is 1. The average Bonchev–Trinajstić information content (AvgIpc) is 2.32. The molecule has 0 bridgehead atoms. The molecule has 1 rings (SSSR count). The first-order valence-corrected chi connectivity index (χ1v) is 4.79. The number of primary amides is 1. The van der Waals surface area contributed by atoms with Crippen LogP contribution in [0.2, 0.25) is 0 Å². The third kappa shape index (κ3) is 2.78. The van der Waals surface area contributed by atoms with Gasteiger partial charge in [-0.2, -0.15) is 0 Å². The molecule has 72 valence electrons. The number of nitrogens with zero attached hydrogens (tertiary/aromatic N) is 1. The number of rotatable bonds is 3. The molecule has 1 aromatic heterocycles. The van der Waals surface area contributed by atoms with Gasteiger partial charge in [-0.15, -0.1) is 11.3 Å². The second-order valence-corrected chi connectivity index (χ2v) is 4.43. The van der Waals surface area contributed by atoms with Crippen LogP contribution in [-0.2, 0) is 16.8 Å². The van der Waals surface area contributed by atoms with Crippen LogP contribution < -0.4 is 11.5 Å². The molecular formula is C8H13N3OS. The zero-order valence-electron chi connectivity index (χ0n) is 7.70. The monoisotopic (exact) mass is 199 g/mol. The largest absolute Gasteiger partial charge is 0.369 e. The minimum Gasteiger partial charge on any atom is -0.369 e. The first kappa shape index (κ1) is 10.1. The molecule has 0 aliphatic rings. The average molecular weight is 199 g/mol. The van der Waals surface area contributed by atoms with Gasteiger partial charge in [0.25, 0.3) is 0 Å². The fourth-order valence-electron chi connectivity index (χ4n) is 0.837. The van der Waals surface area contributed by atoms with Crippen LogP contribution in [-0.4, -0.2) is 10.9 Å². The standard InChI is InChI=1S/C8H13N3OS/c1-8(2,10)5-4-13-7(11-5)3-6(9)12/h4H,3,10H2,1-2H3,(H2,9,12). The normalized spacial score (nSPS) is 11.6. The molecule has 0 saturated heterocycles. The maximum Gasteiger partial charge on any atom is 0.224 e. The van der Waals surface area contributed by atoms with Crippen molar-refractivity contribution in [3.63, 3.8) is 0 Å². The summed E-state index contributed by atoms with van der Waals surface area (Å²) >= 11 is 1.41. The predicted octanol–water partition coefficient (Wildman–Crippen LogP) is 0.365. The van der Waals surface area contributed by atoms with Gasteiger partial charge >= 0.3 is 0 Å². The Morgan fingerprint density at radius 1 is 1.69 bits per heavy atom. The Balaban J connectivity index is 2.81. The minimum absolute atomic E-state index is 0.195. The second kappa shape index (κ2) is 3.43. The summed E-state index contributed by atoms with van der Waals surface area (Å²) in [4.78, 5) is 14.8. The first-order valence-electron chi connectivity index (χ1n) is 3.91. The van der Waals surface area contributed by atoms with Crippen molar-refractivity contribution in [1.29, 1.82) is 0 Å². The van der Waals surface area contributed by atoms with Gasteiger partial charge in [-0.3, -0.25) is 4.79 Å². The summed E-state index contributed by atoms with van der Waals surface area (Å²) in [6, 6.07) is 0. The third-order valence-corrected chi connectivity index (χ3v) is 2.39. The van der Waals surface area contributed by atoms with Crippen molar-refractivity contribution in [3.8, 4) is 0 Å². The molecule has 4 nitrogen and oxygen atoms in total. The van der Waals surface area contributed by atoms with Crippen LogP contribution in [0.5, 0.6) is 0 Å². The molecule has 0 radical (unpaired) electrons. The zero-order valence-corrected chi connectivity index (χ0v) is 8.52. The molecule has 4 N–H and O–H groups in total. The highest BCUT2D eigenvalue weighted by Gasteiger charge is 2.18. The van der Waals surface area contributed by atoms with Crippen molar-refractivity contribution in [2.24, 2.45) is 11.5 Å². The molecule has 0 unspecified atom stereocenters. The fourth-order valence-corrected chi connectivity index (χ4v) is 1.82. The van der Waals surface area contributed by atoms with E-state index in [1.54, 1.807) is 0 Å². The summed E-state index contributed by atoms with van der Waals surface area (Å²) in [6.45, 7) is 3.74. The lowest BCUT2D eigenvalue weighted by atomic mass is 10.0. The highest BCUT2D eigenvalue weighted by molar-refractivity contribution is 7.09. The number of hydrogen-bond donors (Lipinski definition) is 2. The lowest BCUT2D eigenvalue weighted by Crippen LogP contribution is -2.29. The number of thiazole rings is 1. The van der Waals surface area contributed by atoms with E-state index >= 15 is 0 Å². The van der Waals surface area contributed by atoms with Gasteiger partial charge in [0.2, 0.25) is 5.91 Å². The molecule has 1 heterocycles. The Labute approximate surface area is 81.0 Å². The van der Waals surface area contributed by atoms with E-state index in [2.05, 4.69) is 4.98 Å².